The molecule has 3 rings (SSSR count). The summed E-state index contributed by atoms with van der Waals surface area (Å²) in [6, 6.07) is 5.50. The molecule has 1 aromatic carbocycles. The van der Waals surface area contributed by atoms with Crippen LogP contribution in [0.3, 0.4) is 0 Å². The summed E-state index contributed by atoms with van der Waals surface area (Å²) in [5, 5.41) is 24.4. The zero-order chi connectivity index (χ0) is 20.8. The molecule has 1 saturated heterocycles. The van der Waals surface area contributed by atoms with Gasteiger partial charge >= 0.3 is 0 Å². The van der Waals surface area contributed by atoms with Crippen molar-refractivity contribution in [2.45, 2.75) is 38.3 Å². The minimum Gasteiger partial charge on any atom is -0.508 e. The number of amides is 1. The first-order valence-electron chi connectivity index (χ1n) is 10.2. The lowest BCUT2D eigenvalue weighted by Crippen LogP contribution is -2.41. The maximum absolute atomic E-state index is 12.4. The average Bonchev–Trinajstić information content (AvgIpc) is 3.01. The maximum atomic E-state index is 12.4. The number of hydrogen-bond donors (Lipinski definition) is 3. The van der Waals surface area contributed by atoms with Crippen LogP contribution in [-0.2, 0) is 11.2 Å². The second-order valence-corrected chi connectivity index (χ2v) is 8.53. The van der Waals surface area contributed by atoms with Gasteiger partial charge in [0.15, 0.2) is 6.23 Å². The molecule has 1 fully saturated rings. The van der Waals surface area contributed by atoms with E-state index in [1.54, 1.807) is 11.0 Å². The van der Waals surface area contributed by atoms with Crippen molar-refractivity contribution in [3.8, 4) is 0 Å². The van der Waals surface area contributed by atoms with Gasteiger partial charge in [-0.2, -0.15) is 0 Å². The Kier molecular flexibility index (Phi) is 8.21. The highest BCUT2D eigenvalue weighted by atomic mass is 35.5. The van der Waals surface area contributed by atoms with Crippen molar-refractivity contribution in [1.82, 2.24) is 15.1 Å². The number of nitrogens with zero attached hydrogens (tertiary/aromatic N) is 2. The topological polar surface area (TPSA) is 76.0 Å². The van der Waals surface area contributed by atoms with Gasteiger partial charge in [0.25, 0.3) is 5.91 Å². The van der Waals surface area contributed by atoms with Gasteiger partial charge in [0.05, 0.1) is 15.6 Å². The first-order valence-corrected chi connectivity index (χ1v) is 11.0. The fourth-order valence-electron chi connectivity index (χ4n) is 3.84. The zero-order valence-corrected chi connectivity index (χ0v) is 18.1. The van der Waals surface area contributed by atoms with Gasteiger partial charge in [0.1, 0.15) is 5.76 Å². The molecular formula is C21H29Cl2N3O3. The molecule has 1 unspecified atom stereocenters. The molecule has 1 aromatic rings. The Morgan fingerprint density at radius 3 is 2.62 bits per heavy atom. The molecule has 29 heavy (non-hydrogen) atoms. The molecule has 0 aliphatic carbocycles. The van der Waals surface area contributed by atoms with Gasteiger partial charge < -0.3 is 20.4 Å². The molecule has 6 nitrogen and oxygen atoms in total. The maximum Gasteiger partial charge on any atom is 0.252 e. The number of aryl methyl sites for hydroxylation is 1. The summed E-state index contributed by atoms with van der Waals surface area (Å²) in [6.07, 6.45) is 4.09. The average molecular weight is 442 g/mol. The minimum atomic E-state index is -1.10. The Bertz CT molecular complexity index is 751. The number of nitrogens with one attached hydrogen (secondary N) is 1. The van der Waals surface area contributed by atoms with Gasteiger partial charge in [-0.15, -0.1) is 0 Å². The van der Waals surface area contributed by atoms with Crippen LogP contribution in [0.4, 0.5) is 0 Å². The smallest absolute Gasteiger partial charge is 0.252 e. The van der Waals surface area contributed by atoms with Gasteiger partial charge in [0, 0.05) is 26.2 Å². The molecule has 2 aliphatic rings. The van der Waals surface area contributed by atoms with Crippen LogP contribution in [-0.4, -0.2) is 71.4 Å². The number of piperidine rings is 1. The molecule has 8 heteroatoms. The van der Waals surface area contributed by atoms with E-state index in [1.807, 2.05) is 12.1 Å². The predicted molar refractivity (Wildman–Crippen MR) is 115 cm³/mol. The number of aliphatic hydroxyl groups is 2. The zero-order valence-electron chi connectivity index (χ0n) is 16.5. The lowest BCUT2D eigenvalue weighted by molar-refractivity contribution is -0.117. The van der Waals surface area contributed by atoms with Crippen LogP contribution >= 0.6 is 23.2 Å². The summed E-state index contributed by atoms with van der Waals surface area (Å²) < 4.78 is 0. The first-order chi connectivity index (χ1) is 14.0. The molecule has 0 aromatic heterocycles. The van der Waals surface area contributed by atoms with E-state index < -0.39 is 6.23 Å². The first kappa shape index (κ1) is 22.4. The molecule has 1 atom stereocenters. The number of carbonyl (C=O) groups is 1. The summed E-state index contributed by atoms with van der Waals surface area (Å²) in [5.74, 6) is -0.554. The Balaban J connectivity index is 1.41. The molecule has 2 aliphatic heterocycles. The van der Waals surface area contributed by atoms with Gasteiger partial charge in [-0.25, -0.2) is 0 Å². The molecule has 0 spiro atoms. The van der Waals surface area contributed by atoms with E-state index in [4.69, 9.17) is 23.2 Å². The van der Waals surface area contributed by atoms with E-state index in [2.05, 4.69) is 10.2 Å². The van der Waals surface area contributed by atoms with Crippen LogP contribution in [0.15, 0.2) is 29.5 Å². The number of hydrogen-bond acceptors (Lipinski definition) is 5. The van der Waals surface area contributed by atoms with E-state index in [1.165, 1.54) is 19.3 Å². The quantitative estimate of drug-likeness (QED) is 0.540. The van der Waals surface area contributed by atoms with Gasteiger partial charge in [-0.1, -0.05) is 35.7 Å². The van der Waals surface area contributed by atoms with Gasteiger partial charge in [-0.05, 0) is 56.5 Å². The fourth-order valence-corrected chi connectivity index (χ4v) is 4.16. The number of likely N-dealkylation sites (tertiary alicyclic amines) is 1. The molecule has 0 saturated carbocycles. The number of benzene rings is 1. The van der Waals surface area contributed by atoms with E-state index >= 15 is 0 Å². The van der Waals surface area contributed by atoms with Crippen LogP contribution in [0.2, 0.25) is 10.0 Å². The molecular weight excluding hydrogens is 413 g/mol. The third-order valence-electron chi connectivity index (χ3n) is 5.60. The molecule has 3 N–H and O–H groups in total. The third-order valence-corrected chi connectivity index (χ3v) is 6.34. The van der Waals surface area contributed by atoms with Gasteiger partial charge in [-0.3, -0.25) is 9.69 Å². The number of rotatable bonds is 8. The van der Waals surface area contributed by atoms with Crippen molar-refractivity contribution < 1.29 is 15.0 Å². The van der Waals surface area contributed by atoms with Crippen LogP contribution in [0.5, 0.6) is 0 Å². The van der Waals surface area contributed by atoms with E-state index in [0.29, 0.717) is 23.1 Å². The molecule has 160 valence electrons. The fraction of sp³-hybridized carbons (Fsp3) is 0.571. The minimum absolute atomic E-state index is 0.231. The normalized spacial score (nSPS) is 21.0. The number of carbonyl (C=O) groups excluding carboxylic acids is 1. The van der Waals surface area contributed by atoms with E-state index in [9.17, 15) is 15.0 Å². The summed E-state index contributed by atoms with van der Waals surface area (Å²) in [6.45, 7) is 4.35. The number of aliphatic hydroxyl groups excluding tert-OH is 2. The van der Waals surface area contributed by atoms with Crippen LogP contribution < -0.4 is 5.32 Å². The standard InChI is InChI=1S/C21H29Cl2N3O3/c22-17-7-6-15(13-18(17)23)5-4-8-24-20(28)16-14-26(21(29)19(16)27)12-11-25-9-2-1-3-10-25/h6-7,13,21,27,29H,1-5,8-12,14H2,(H,24,28). The van der Waals surface area contributed by atoms with Crippen molar-refractivity contribution in [2.75, 3.05) is 39.3 Å². The Morgan fingerprint density at radius 1 is 1.14 bits per heavy atom. The monoisotopic (exact) mass is 441 g/mol. The molecule has 2 heterocycles. The van der Waals surface area contributed by atoms with Crippen LogP contribution in [0.25, 0.3) is 0 Å². The summed E-state index contributed by atoms with van der Waals surface area (Å²) in [5.41, 5.74) is 1.31. The van der Waals surface area contributed by atoms with Crippen molar-refractivity contribution in [3.05, 3.63) is 45.1 Å². The van der Waals surface area contributed by atoms with Crippen molar-refractivity contribution in [1.29, 1.82) is 0 Å². The van der Waals surface area contributed by atoms with Crippen LogP contribution in [0.1, 0.15) is 31.2 Å². The Morgan fingerprint density at radius 2 is 1.90 bits per heavy atom. The SMILES string of the molecule is O=C(NCCCc1ccc(Cl)c(Cl)c1)C1=C(O)C(O)N(CCN2CCCCC2)C1. The van der Waals surface area contributed by atoms with Gasteiger partial charge in [0.2, 0.25) is 0 Å². The molecule has 0 radical (unpaired) electrons. The molecule has 1 amide bonds. The Labute approximate surface area is 182 Å². The highest BCUT2D eigenvalue weighted by molar-refractivity contribution is 6.42. The van der Waals surface area contributed by atoms with Crippen molar-refractivity contribution in [2.24, 2.45) is 0 Å². The number of halogens is 2. The lowest BCUT2D eigenvalue weighted by Gasteiger charge is -2.29. The Hall–Kier alpha value is -1.31. The van der Waals surface area contributed by atoms with E-state index in [-0.39, 0.29) is 23.8 Å². The second kappa shape index (κ2) is 10.6. The van der Waals surface area contributed by atoms with Crippen LogP contribution in [0, 0.1) is 0 Å². The highest BCUT2D eigenvalue weighted by Gasteiger charge is 2.34. The third kappa shape index (κ3) is 6.09. The van der Waals surface area contributed by atoms with E-state index in [0.717, 1.165) is 38.0 Å². The second-order valence-electron chi connectivity index (χ2n) is 7.72. The summed E-state index contributed by atoms with van der Waals surface area (Å²) in [7, 11) is 0. The highest BCUT2D eigenvalue weighted by Crippen LogP contribution is 2.23. The predicted octanol–water partition coefficient (Wildman–Crippen LogP) is 2.97. The summed E-state index contributed by atoms with van der Waals surface area (Å²) in [4.78, 5) is 16.6. The van der Waals surface area contributed by atoms with Crippen molar-refractivity contribution >= 4 is 29.1 Å². The largest absolute Gasteiger partial charge is 0.508 e. The van der Waals surface area contributed by atoms with Crippen molar-refractivity contribution in [3.63, 3.8) is 0 Å². The lowest BCUT2D eigenvalue weighted by atomic mass is 10.1. The summed E-state index contributed by atoms with van der Waals surface area (Å²) >= 11 is 11.9. The molecule has 0 bridgehead atoms.